The van der Waals surface area contributed by atoms with E-state index in [1.807, 2.05) is 0 Å². The van der Waals surface area contributed by atoms with Crippen molar-refractivity contribution >= 4 is 6.29 Å². The zero-order chi connectivity index (χ0) is 11.7. The van der Waals surface area contributed by atoms with Gasteiger partial charge in [-0.05, 0) is 11.8 Å². The zero-order valence-corrected chi connectivity index (χ0v) is 10.8. The molecule has 1 nitrogen and oxygen atoms in total. The lowest BCUT2D eigenvalue weighted by Gasteiger charge is -2.13. The van der Waals surface area contributed by atoms with E-state index in [0.29, 0.717) is 0 Å². The third-order valence-electron chi connectivity index (χ3n) is 2.41. The lowest BCUT2D eigenvalue weighted by atomic mass is 9.93. The highest BCUT2D eigenvalue weighted by Gasteiger charge is 2.07. The average Bonchev–Trinajstić information content (AvgIpc) is 2.15. The highest BCUT2D eigenvalue weighted by atomic mass is 16.1. The van der Waals surface area contributed by atoms with Gasteiger partial charge in [0.25, 0.3) is 0 Å². The van der Waals surface area contributed by atoms with Crippen molar-refractivity contribution in [3.05, 3.63) is 12.2 Å². The molecular formula is C14H26O. The van der Waals surface area contributed by atoms with E-state index in [1.54, 1.807) is 0 Å². The van der Waals surface area contributed by atoms with Crippen molar-refractivity contribution in [1.29, 1.82) is 0 Å². The molecule has 0 aliphatic rings. The van der Waals surface area contributed by atoms with E-state index in [0.717, 1.165) is 12.7 Å². The summed E-state index contributed by atoms with van der Waals surface area (Å²) >= 11 is 0. The van der Waals surface area contributed by atoms with Crippen molar-refractivity contribution in [2.24, 2.45) is 11.3 Å². The molecule has 0 fully saturated rings. The van der Waals surface area contributed by atoms with Crippen LogP contribution in [-0.4, -0.2) is 6.29 Å². The van der Waals surface area contributed by atoms with E-state index in [1.165, 1.54) is 25.7 Å². The maximum absolute atomic E-state index is 10.8. The number of carbonyl (C=O) groups is 1. The van der Waals surface area contributed by atoms with E-state index in [9.17, 15) is 4.79 Å². The van der Waals surface area contributed by atoms with Crippen LogP contribution in [0.25, 0.3) is 0 Å². The largest absolute Gasteiger partial charge is 0.303 e. The summed E-state index contributed by atoms with van der Waals surface area (Å²) in [5.74, 6) is 0.126. The van der Waals surface area contributed by atoms with Crippen LogP contribution in [0.4, 0.5) is 0 Å². The highest BCUT2D eigenvalue weighted by Crippen LogP contribution is 2.18. The van der Waals surface area contributed by atoms with Gasteiger partial charge in [0.1, 0.15) is 6.29 Å². The number of allylic oxidation sites excluding steroid dienone is 2. The summed E-state index contributed by atoms with van der Waals surface area (Å²) in [7, 11) is 0. The molecule has 0 aliphatic heterocycles. The molecule has 0 aromatic heterocycles. The van der Waals surface area contributed by atoms with Gasteiger partial charge in [-0.2, -0.15) is 0 Å². The topological polar surface area (TPSA) is 17.1 Å². The van der Waals surface area contributed by atoms with Crippen molar-refractivity contribution in [2.45, 2.75) is 59.8 Å². The molecule has 0 radical (unpaired) electrons. The predicted octanol–water partition coefficient (Wildman–Crippen LogP) is 4.37. The van der Waals surface area contributed by atoms with Crippen LogP contribution in [0, 0.1) is 11.3 Å². The van der Waals surface area contributed by atoms with Crippen molar-refractivity contribution in [1.82, 2.24) is 0 Å². The Bertz CT molecular complexity index is 186. The Morgan fingerprint density at radius 2 is 1.80 bits per heavy atom. The minimum atomic E-state index is 0.126. The number of unbranched alkanes of at least 4 members (excludes halogenated alkanes) is 3. The first-order valence-corrected chi connectivity index (χ1v) is 6.14. The quantitative estimate of drug-likeness (QED) is 0.346. The fourth-order valence-corrected chi connectivity index (χ4v) is 1.43. The summed E-state index contributed by atoms with van der Waals surface area (Å²) < 4.78 is 0. The first-order valence-electron chi connectivity index (χ1n) is 6.14. The van der Waals surface area contributed by atoms with Crippen LogP contribution in [0.5, 0.6) is 0 Å². The Balaban J connectivity index is 3.83. The fraction of sp³-hybridized carbons (Fsp3) is 0.786. The summed E-state index contributed by atoms with van der Waals surface area (Å²) in [6, 6.07) is 0. The van der Waals surface area contributed by atoms with E-state index in [4.69, 9.17) is 0 Å². The average molecular weight is 210 g/mol. The molecule has 1 atom stereocenters. The second kappa shape index (κ2) is 7.67. The summed E-state index contributed by atoms with van der Waals surface area (Å²) in [6.45, 7) is 8.67. The van der Waals surface area contributed by atoms with Crippen LogP contribution >= 0.6 is 0 Å². The van der Waals surface area contributed by atoms with Gasteiger partial charge in [-0.1, -0.05) is 65.5 Å². The molecular weight excluding hydrogens is 184 g/mol. The lowest BCUT2D eigenvalue weighted by molar-refractivity contribution is -0.110. The maximum Gasteiger partial charge on any atom is 0.126 e. The lowest BCUT2D eigenvalue weighted by Crippen LogP contribution is -2.03. The molecule has 0 rings (SSSR count). The standard InChI is InChI=1S/C14H26O/c1-5-6-7-8-9-13(12-15)10-11-14(2,3)4/h10-13H,5-9H2,1-4H3/b11-10+/t13-/m1/s1. The van der Waals surface area contributed by atoms with Crippen LogP contribution in [0.2, 0.25) is 0 Å². The molecule has 0 unspecified atom stereocenters. The predicted molar refractivity (Wildman–Crippen MR) is 66.9 cm³/mol. The van der Waals surface area contributed by atoms with E-state index < -0.39 is 0 Å². The minimum Gasteiger partial charge on any atom is -0.303 e. The van der Waals surface area contributed by atoms with E-state index in [-0.39, 0.29) is 11.3 Å². The van der Waals surface area contributed by atoms with Gasteiger partial charge in [0.2, 0.25) is 0 Å². The van der Waals surface area contributed by atoms with Crippen molar-refractivity contribution in [3.8, 4) is 0 Å². The van der Waals surface area contributed by atoms with Gasteiger partial charge in [-0.3, -0.25) is 0 Å². The second-order valence-corrected chi connectivity index (χ2v) is 5.37. The van der Waals surface area contributed by atoms with Crippen LogP contribution in [0.15, 0.2) is 12.2 Å². The first kappa shape index (κ1) is 14.4. The van der Waals surface area contributed by atoms with Gasteiger partial charge in [-0.25, -0.2) is 0 Å². The monoisotopic (exact) mass is 210 g/mol. The number of aldehydes is 1. The van der Waals surface area contributed by atoms with Crippen molar-refractivity contribution < 1.29 is 4.79 Å². The highest BCUT2D eigenvalue weighted by molar-refractivity contribution is 5.56. The first-order chi connectivity index (χ1) is 6.99. The Morgan fingerprint density at radius 3 is 2.27 bits per heavy atom. The summed E-state index contributed by atoms with van der Waals surface area (Å²) in [5, 5.41) is 0. The second-order valence-electron chi connectivity index (χ2n) is 5.37. The normalized spacial score (nSPS) is 14.4. The molecule has 0 spiro atoms. The van der Waals surface area contributed by atoms with Crippen LogP contribution < -0.4 is 0 Å². The van der Waals surface area contributed by atoms with Gasteiger partial charge in [-0.15, -0.1) is 0 Å². The van der Waals surface area contributed by atoms with Crippen LogP contribution in [0.1, 0.15) is 59.8 Å². The molecule has 0 N–H and O–H groups in total. The smallest absolute Gasteiger partial charge is 0.126 e. The fourth-order valence-electron chi connectivity index (χ4n) is 1.43. The van der Waals surface area contributed by atoms with Crippen molar-refractivity contribution in [3.63, 3.8) is 0 Å². The molecule has 0 saturated heterocycles. The number of carbonyl (C=O) groups excluding carboxylic acids is 1. The molecule has 1 heteroatoms. The van der Waals surface area contributed by atoms with Crippen LogP contribution in [-0.2, 0) is 4.79 Å². The third-order valence-corrected chi connectivity index (χ3v) is 2.41. The molecule has 0 amide bonds. The van der Waals surface area contributed by atoms with Gasteiger partial charge >= 0.3 is 0 Å². The molecule has 0 aromatic carbocycles. The van der Waals surface area contributed by atoms with Crippen LogP contribution in [0.3, 0.4) is 0 Å². The Hall–Kier alpha value is -0.590. The van der Waals surface area contributed by atoms with Crippen molar-refractivity contribution in [2.75, 3.05) is 0 Å². The van der Waals surface area contributed by atoms with Gasteiger partial charge in [0.05, 0.1) is 0 Å². The number of hydrogen-bond donors (Lipinski definition) is 0. The molecule has 0 aromatic rings. The molecule has 15 heavy (non-hydrogen) atoms. The Morgan fingerprint density at radius 1 is 1.13 bits per heavy atom. The molecule has 88 valence electrons. The molecule has 0 aliphatic carbocycles. The summed E-state index contributed by atoms with van der Waals surface area (Å²) in [4.78, 5) is 10.8. The molecule has 0 heterocycles. The SMILES string of the molecule is CCCCCC[C@@H](C=O)/C=C/C(C)(C)C. The number of rotatable bonds is 7. The summed E-state index contributed by atoms with van der Waals surface area (Å²) in [6.07, 6.45) is 11.3. The molecule has 0 saturated carbocycles. The Kier molecular flexibility index (Phi) is 7.37. The summed E-state index contributed by atoms with van der Waals surface area (Å²) in [5.41, 5.74) is 0.185. The Labute approximate surface area is 95.0 Å². The zero-order valence-electron chi connectivity index (χ0n) is 10.8. The third kappa shape index (κ3) is 9.71. The van der Waals surface area contributed by atoms with Gasteiger partial charge in [0, 0.05) is 5.92 Å². The van der Waals surface area contributed by atoms with Gasteiger partial charge in [0.15, 0.2) is 0 Å². The number of hydrogen-bond acceptors (Lipinski definition) is 1. The van der Waals surface area contributed by atoms with E-state index in [2.05, 4.69) is 39.8 Å². The minimum absolute atomic E-state index is 0.126. The van der Waals surface area contributed by atoms with Gasteiger partial charge < -0.3 is 4.79 Å². The maximum atomic E-state index is 10.8. The molecule has 0 bridgehead atoms. The van der Waals surface area contributed by atoms with E-state index >= 15 is 0 Å².